The summed E-state index contributed by atoms with van der Waals surface area (Å²) in [7, 11) is 0. The lowest BCUT2D eigenvalue weighted by atomic mass is 9.99. The van der Waals surface area contributed by atoms with E-state index in [0.717, 1.165) is 26.4 Å². The maximum Gasteiger partial charge on any atom is 0.0637 e. The number of rotatable bonds is 10. The van der Waals surface area contributed by atoms with Gasteiger partial charge < -0.3 is 9.47 Å². The Morgan fingerprint density at radius 3 is 1.50 bits per heavy atom. The van der Waals surface area contributed by atoms with Gasteiger partial charge in [-0.05, 0) is 12.8 Å². The molecule has 0 aromatic heterocycles. The zero-order valence-corrected chi connectivity index (χ0v) is 13.4. The summed E-state index contributed by atoms with van der Waals surface area (Å²) in [5.74, 6) is 0. The summed E-state index contributed by atoms with van der Waals surface area (Å²) in [6, 6.07) is 1.08. The normalized spacial score (nSPS) is 32.7. The van der Waals surface area contributed by atoms with E-state index in [1.807, 2.05) is 0 Å². The van der Waals surface area contributed by atoms with Crippen LogP contribution >= 0.6 is 0 Å². The second kappa shape index (κ2) is 8.98. The van der Waals surface area contributed by atoms with Crippen molar-refractivity contribution >= 4 is 0 Å². The second-order valence-electron chi connectivity index (χ2n) is 6.06. The van der Waals surface area contributed by atoms with Crippen molar-refractivity contribution in [2.24, 2.45) is 0 Å². The molecule has 3 aliphatic heterocycles. The third-order valence-corrected chi connectivity index (χ3v) is 4.59. The lowest BCUT2D eigenvalue weighted by Crippen LogP contribution is -2.68. The van der Waals surface area contributed by atoms with Crippen LogP contribution in [0.3, 0.4) is 0 Å². The number of hydrogen-bond donors (Lipinski definition) is 0. The molecule has 3 fully saturated rings. The highest BCUT2D eigenvalue weighted by molar-refractivity contribution is 4.96. The SMILES string of the molecule is CCCCOC[C@H]1[C@H](COCCCC)N2CCN1CC2. The van der Waals surface area contributed by atoms with E-state index in [1.165, 1.54) is 51.9 Å². The van der Waals surface area contributed by atoms with Crippen LogP contribution in [0.25, 0.3) is 0 Å². The van der Waals surface area contributed by atoms with Gasteiger partial charge in [0.05, 0.1) is 25.3 Å². The summed E-state index contributed by atoms with van der Waals surface area (Å²) in [4.78, 5) is 5.22. The van der Waals surface area contributed by atoms with Gasteiger partial charge in [0.2, 0.25) is 0 Å². The van der Waals surface area contributed by atoms with Crippen LogP contribution in [0.4, 0.5) is 0 Å². The van der Waals surface area contributed by atoms with Gasteiger partial charge >= 0.3 is 0 Å². The zero-order chi connectivity index (χ0) is 14.2. The van der Waals surface area contributed by atoms with E-state index in [4.69, 9.17) is 9.47 Å². The molecule has 4 nitrogen and oxygen atoms in total. The molecule has 0 radical (unpaired) electrons. The molecule has 4 heteroatoms. The molecular weight excluding hydrogens is 252 g/mol. The molecule has 2 bridgehead atoms. The molecule has 118 valence electrons. The van der Waals surface area contributed by atoms with E-state index >= 15 is 0 Å². The van der Waals surface area contributed by atoms with E-state index in [1.54, 1.807) is 0 Å². The summed E-state index contributed by atoms with van der Waals surface area (Å²) in [5, 5.41) is 0. The Morgan fingerprint density at radius 1 is 0.750 bits per heavy atom. The molecule has 0 aromatic carbocycles. The smallest absolute Gasteiger partial charge is 0.0637 e. The van der Waals surface area contributed by atoms with Gasteiger partial charge in [0.1, 0.15) is 0 Å². The fourth-order valence-corrected chi connectivity index (χ4v) is 3.22. The highest BCUT2D eigenvalue weighted by Crippen LogP contribution is 2.23. The van der Waals surface area contributed by atoms with Crippen molar-refractivity contribution in [3.8, 4) is 0 Å². The van der Waals surface area contributed by atoms with Gasteiger partial charge in [-0.2, -0.15) is 0 Å². The molecule has 0 N–H and O–H groups in total. The number of fused-ring (bicyclic) bond motifs is 3. The van der Waals surface area contributed by atoms with Crippen LogP contribution in [-0.4, -0.2) is 74.5 Å². The van der Waals surface area contributed by atoms with E-state index < -0.39 is 0 Å². The number of hydrogen-bond acceptors (Lipinski definition) is 4. The number of unbranched alkanes of at least 4 members (excludes halogenated alkanes) is 2. The van der Waals surface area contributed by atoms with Crippen molar-refractivity contribution < 1.29 is 9.47 Å². The molecule has 0 amide bonds. The Hall–Kier alpha value is -0.160. The van der Waals surface area contributed by atoms with Crippen molar-refractivity contribution in [1.82, 2.24) is 9.80 Å². The Bertz CT molecular complexity index is 229. The highest BCUT2D eigenvalue weighted by atomic mass is 16.5. The Balaban J connectivity index is 1.78. The van der Waals surface area contributed by atoms with Crippen LogP contribution in [0.2, 0.25) is 0 Å². The van der Waals surface area contributed by atoms with Gasteiger partial charge in [-0.25, -0.2) is 0 Å². The van der Waals surface area contributed by atoms with Gasteiger partial charge in [-0.1, -0.05) is 26.7 Å². The molecule has 0 unspecified atom stereocenters. The third-order valence-electron chi connectivity index (χ3n) is 4.59. The first-order chi connectivity index (χ1) is 9.86. The molecule has 0 spiro atoms. The molecule has 3 aliphatic rings. The highest BCUT2D eigenvalue weighted by Gasteiger charge is 2.40. The van der Waals surface area contributed by atoms with Crippen molar-refractivity contribution in [3.63, 3.8) is 0 Å². The molecule has 2 atom stereocenters. The van der Waals surface area contributed by atoms with Crippen LogP contribution in [-0.2, 0) is 9.47 Å². The maximum atomic E-state index is 5.90. The monoisotopic (exact) mass is 284 g/mol. The van der Waals surface area contributed by atoms with E-state index in [0.29, 0.717) is 12.1 Å². The summed E-state index contributed by atoms with van der Waals surface area (Å²) in [5.41, 5.74) is 0. The summed E-state index contributed by atoms with van der Waals surface area (Å²) in [6.07, 6.45) is 4.77. The van der Waals surface area contributed by atoms with Gasteiger partial charge in [-0.15, -0.1) is 0 Å². The van der Waals surface area contributed by atoms with Crippen LogP contribution in [0.5, 0.6) is 0 Å². The van der Waals surface area contributed by atoms with Crippen molar-refractivity contribution in [3.05, 3.63) is 0 Å². The minimum atomic E-state index is 0.538. The van der Waals surface area contributed by atoms with Crippen molar-refractivity contribution in [2.45, 2.75) is 51.6 Å². The van der Waals surface area contributed by atoms with E-state index in [2.05, 4.69) is 23.6 Å². The van der Waals surface area contributed by atoms with E-state index in [-0.39, 0.29) is 0 Å². The van der Waals surface area contributed by atoms with Crippen molar-refractivity contribution in [1.29, 1.82) is 0 Å². The number of nitrogens with zero attached hydrogens (tertiary/aromatic N) is 2. The molecule has 0 aromatic rings. The predicted octanol–water partition coefficient (Wildman–Crippen LogP) is 1.99. The fourth-order valence-electron chi connectivity index (χ4n) is 3.22. The minimum Gasteiger partial charge on any atom is -0.380 e. The molecule has 3 rings (SSSR count). The lowest BCUT2D eigenvalue weighted by Gasteiger charge is -2.52. The van der Waals surface area contributed by atoms with Gasteiger partial charge in [0, 0.05) is 39.4 Å². The Morgan fingerprint density at radius 2 is 1.15 bits per heavy atom. The molecule has 0 aliphatic carbocycles. The minimum absolute atomic E-state index is 0.538. The standard InChI is InChI=1S/C16H32N2O2/c1-3-5-11-19-13-15-16(14-20-12-6-4-2)18-9-7-17(15)8-10-18/h15-16H,3-14H2,1-2H3/t15-,16-/m0/s1. The molecule has 20 heavy (non-hydrogen) atoms. The van der Waals surface area contributed by atoms with Crippen LogP contribution in [0.15, 0.2) is 0 Å². The lowest BCUT2D eigenvalue weighted by molar-refractivity contribution is -0.0938. The first-order valence-electron chi connectivity index (χ1n) is 8.50. The van der Waals surface area contributed by atoms with Gasteiger partial charge in [-0.3, -0.25) is 9.80 Å². The van der Waals surface area contributed by atoms with E-state index in [9.17, 15) is 0 Å². The first-order valence-corrected chi connectivity index (χ1v) is 8.50. The quantitative estimate of drug-likeness (QED) is 0.573. The summed E-state index contributed by atoms with van der Waals surface area (Å²) >= 11 is 0. The topological polar surface area (TPSA) is 24.9 Å². The molecule has 0 saturated carbocycles. The van der Waals surface area contributed by atoms with Crippen LogP contribution in [0, 0.1) is 0 Å². The Labute approximate surface area is 124 Å². The number of ether oxygens (including phenoxy) is 2. The zero-order valence-electron chi connectivity index (χ0n) is 13.4. The summed E-state index contributed by atoms with van der Waals surface area (Å²) in [6.45, 7) is 12.8. The van der Waals surface area contributed by atoms with Crippen LogP contribution in [0.1, 0.15) is 39.5 Å². The summed E-state index contributed by atoms with van der Waals surface area (Å²) < 4.78 is 11.8. The fraction of sp³-hybridized carbons (Fsp3) is 1.00. The molecule has 3 heterocycles. The van der Waals surface area contributed by atoms with Crippen LogP contribution < -0.4 is 0 Å². The number of piperazine rings is 3. The first kappa shape index (κ1) is 16.2. The average molecular weight is 284 g/mol. The predicted molar refractivity (Wildman–Crippen MR) is 82.2 cm³/mol. The van der Waals surface area contributed by atoms with Crippen molar-refractivity contribution in [2.75, 3.05) is 52.6 Å². The average Bonchev–Trinajstić information content (AvgIpc) is 2.50. The van der Waals surface area contributed by atoms with Gasteiger partial charge in [0.25, 0.3) is 0 Å². The third kappa shape index (κ3) is 4.42. The molecule has 3 saturated heterocycles. The van der Waals surface area contributed by atoms with Gasteiger partial charge in [0.15, 0.2) is 0 Å². The second-order valence-corrected chi connectivity index (χ2v) is 6.06. The Kier molecular flexibility index (Phi) is 7.28. The molecular formula is C16H32N2O2. The largest absolute Gasteiger partial charge is 0.380 e. The maximum absolute atomic E-state index is 5.90.